The lowest BCUT2D eigenvalue weighted by atomic mass is 10.0. The largest absolute Gasteiger partial charge is 0.353 e. The fraction of sp³-hybridized carbons (Fsp3) is 0.370. The molecule has 182 valence electrons. The second-order valence-electron chi connectivity index (χ2n) is 9.38. The van der Waals surface area contributed by atoms with Gasteiger partial charge in [0.1, 0.15) is 0 Å². The van der Waals surface area contributed by atoms with Crippen molar-refractivity contribution in [2.45, 2.75) is 31.8 Å². The number of benzene rings is 2. The van der Waals surface area contributed by atoms with Crippen LogP contribution in [0.5, 0.6) is 0 Å². The first-order valence-corrected chi connectivity index (χ1v) is 12.2. The van der Waals surface area contributed by atoms with Gasteiger partial charge in [0.25, 0.3) is 5.56 Å². The van der Waals surface area contributed by atoms with Crippen molar-refractivity contribution in [1.29, 1.82) is 0 Å². The number of aromatic nitrogens is 4. The predicted molar refractivity (Wildman–Crippen MR) is 139 cm³/mol. The van der Waals surface area contributed by atoms with Gasteiger partial charge in [-0.1, -0.05) is 60.7 Å². The molecule has 1 aliphatic heterocycles. The summed E-state index contributed by atoms with van der Waals surface area (Å²) in [5, 5.41) is 3.61. The van der Waals surface area contributed by atoms with Gasteiger partial charge < -0.3 is 10.2 Å². The highest BCUT2D eigenvalue weighted by Crippen LogP contribution is 2.21. The van der Waals surface area contributed by atoms with Crippen LogP contribution in [0.4, 0.5) is 5.95 Å². The van der Waals surface area contributed by atoms with Gasteiger partial charge in [-0.3, -0.25) is 18.5 Å². The van der Waals surface area contributed by atoms with Gasteiger partial charge in [0.05, 0.1) is 6.54 Å². The van der Waals surface area contributed by atoms with Crippen LogP contribution in [-0.4, -0.2) is 49.3 Å². The van der Waals surface area contributed by atoms with E-state index in [2.05, 4.69) is 40.5 Å². The number of piperidine rings is 1. The first-order chi connectivity index (χ1) is 17.0. The van der Waals surface area contributed by atoms with E-state index in [1.54, 1.807) is 7.05 Å². The molecule has 1 aliphatic rings. The molecule has 5 rings (SSSR count). The van der Waals surface area contributed by atoms with Crippen LogP contribution in [0.15, 0.2) is 70.3 Å². The Labute approximate surface area is 204 Å². The van der Waals surface area contributed by atoms with E-state index in [9.17, 15) is 9.59 Å². The van der Waals surface area contributed by atoms with Crippen LogP contribution in [0.25, 0.3) is 11.2 Å². The van der Waals surface area contributed by atoms with E-state index in [0.717, 1.165) is 49.0 Å². The summed E-state index contributed by atoms with van der Waals surface area (Å²) >= 11 is 0. The molecule has 35 heavy (non-hydrogen) atoms. The van der Waals surface area contributed by atoms with Crippen molar-refractivity contribution in [2.75, 3.05) is 25.0 Å². The minimum atomic E-state index is -0.370. The Morgan fingerprint density at radius 1 is 0.886 bits per heavy atom. The van der Waals surface area contributed by atoms with Gasteiger partial charge in [0.15, 0.2) is 11.2 Å². The summed E-state index contributed by atoms with van der Waals surface area (Å²) in [6.45, 7) is 3.60. The molecular weight excluding hydrogens is 440 g/mol. The number of nitrogens with one attached hydrogen (secondary N) is 1. The fourth-order valence-corrected chi connectivity index (χ4v) is 4.89. The monoisotopic (exact) mass is 472 g/mol. The number of rotatable bonds is 7. The summed E-state index contributed by atoms with van der Waals surface area (Å²) in [6.07, 6.45) is 3.06. The lowest BCUT2D eigenvalue weighted by molar-refractivity contribution is 0.221. The summed E-state index contributed by atoms with van der Waals surface area (Å²) in [4.78, 5) is 32.9. The molecule has 8 heteroatoms. The molecule has 1 saturated heterocycles. The zero-order valence-electron chi connectivity index (χ0n) is 20.4. The summed E-state index contributed by atoms with van der Waals surface area (Å²) in [6, 6.07) is 20.9. The molecule has 0 bridgehead atoms. The van der Waals surface area contributed by atoms with Crippen molar-refractivity contribution >= 4 is 17.1 Å². The molecule has 1 N–H and O–H groups in total. The molecule has 2 aromatic carbocycles. The van der Waals surface area contributed by atoms with Gasteiger partial charge in [-0.05, 0) is 30.4 Å². The van der Waals surface area contributed by atoms with E-state index in [4.69, 9.17) is 4.98 Å². The standard InChI is InChI=1S/C27H32N6O2/c1-30-24-23(25(34)31(2)27(30)35)33(19-21-11-7-4-8-12-21)26(29-24)28-22-14-17-32(18-15-22)16-13-20-9-5-3-6-10-20/h3-12,22H,13-19H2,1-2H3,(H,28,29). The van der Waals surface area contributed by atoms with E-state index in [1.165, 1.54) is 17.2 Å². The molecule has 0 amide bonds. The zero-order chi connectivity index (χ0) is 24.4. The van der Waals surface area contributed by atoms with Crippen molar-refractivity contribution < 1.29 is 0 Å². The lowest BCUT2D eigenvalue weighted by Gasteiger charge is -2.32. The fourth-order valence-electron chi connectivity index (χ4n) is 4.89. The SMILES string of the molecule is Cn1c(=O)c2c(nc(NC3CCN(CCc4ccccc4)CC3)n2Cc2ccccc2)n(C)c1=O. The predicted octanol–water partition coefficient (Wildman–Crippen LogP) is 2.60. The number of imidazole rings is 1. The van der Waals surface area contributed by atoms with Gasteiger partial charge >= 0.3 is 5.69 Å². The van der Waals surface area contributed by atoms with E-state index in [-0.39, 0.29) is 17.3 Å². The Bertz CT molecular complexity index is 1410. The van der Waals surface area contributed by atoms with Crippen molar-refractivity contribution in [3.8, 4) is 0 Å². The number of anilines is 1. The Balaban J connectivity index is 1.36. The maximum Gasteiger partial charge on any atom is 0.332 e. The molecule has 8 nitrogen and oxygen atoms in total. The molecule has 0 atom stereocenters. The topological polar surface area (TPSA) is 77.1 Å². The zero-order valence-corrected chi connectivity index (χ0v) is 20.4. The number of hydrogen-bond acceptors (Lipinski definition) is 5. The summed E-state index contributed by atoms with van der Waals surface area (Å²) in [5.74, 6) is 0.643. The molecule has 3 heterocycles. The minimum absolute atomic E-state index is 0.259. The van der Waals surface area contributed by atoms with Crippen LogP contribution < -0.4 is 16.6 Å². The van der Waals surface area contributed by atoms with Crippen molar-refractivity contribution in [3.63, 3.8) is 0 Å². The lowest BCUT2D eigenvalue weighted by Crippen LogP contribution is -2.40. The second kappa shape index (κ2) is 9.92. The average Bonchev–Trinajstić information content (AvgIpc) is 3.24. The average molecular weight is 473 g/mol. The van der Waals surface area contributed by atoms with Crippen molar-refractivity contribution in [1.82, 2.24) is 23.6 Å². The van der Waals surface area contributed by atoms with Crippen LogP contribution in [0.3, 0.4) is 0 Å². The molecule has 0 spiro atoms. The minimum Gasteiger partial charge on any atom is -0.353 e. The Kier molecular flexibility index (Phi) is 6.55. The van der Waals surface area contributed by atoms with Gasteiger partial charge in [0.2, 0.25) is 5.95 Å². The normalized spacial score (nSPS) is 15.0. The Morgan fingerprint density at radius 2 is 1.51 bits per heavy atom. The number of nitrogens with zero attached hydrogens (tertiary/aromatic N) is 5. The van der Waals surface area contributed by atoms with Crippen molar-refractivity contribution in [3.05, 3.63) is 92.6 Å². The number of likely N-dealkylation sites (tertiary alicyclic amines) is 1. The van der Waals surface area contributed by atoms with Gasteiger partial charge in [-0.25, -0.2) is 4.79 Å². The summed E-state index contributed by atoms with van der Waals surface area (Å²) < 4.78 is 4.53. The second-order valence-corrected chi connectivity index (χ2v) is 9.38. The smallest absolute Gasteiger partial charge is 0.332 e. The summed E-state index contributed by atoms with van der Waals surface area (Å²) in [7, 11) is 3.18. The molecule has 1 fully saturated rings. The van der Waals surface area contributed by atoms with E-state index in [0.29, 0.717) is 23.7 Å². The highest BCUT2D eigenvalue weighted by atomic mass is 16.2. The molecule has 0 unspecified atom stereocenters. The van der Waals surface area contributed by atoms with Gasteiger partial charge in [-0.2, -0.15) is 4.98 Å². The van der Waals surface area contributed by atoms with E-state index >= 15 is 0 Å². The molecule has 4 aromatic rings. The highest BCUT2D eigenvalue weighted by molar-refractivity contribution is 5.74. The third-order valence-corrected chi connectivity index (χ3v) is 7.01. The van der Waals surface area contributed by atoms with E-state index < -0.39 is 0 Å². The highest BCUT2D eigenvalue weighted by Gasteiger charge is 2.24. The molecule has 0 radical (unpaired) electrons. The first-order valence-electron chi connectivity index (χ1n) is 12.2. The Morgan fingerprint density at radius 3 is 2.17 bits per heavy atom. The van der Waals surface area contributed by atoms with Crippen LogP contribution in [0.2, 0.25) is 0 Å². The molecule has 0 saturated carbocycles. The third kappa shape index (κ3) is 4.79. The number of aryl methyl sites for hydroxylation is 1. The molecular formula is C27H32N6O2. The van der Waals surface area contributed by atoms with Crippen LogP contribution in [0.1, 0.15) is 24.0 Å². The molecule has 2 aromatic heterocycles. The maximum atomic E-state index is 13.1. The quantitative estimate of drug-likeness (QED) is 0.448. The number of hydrogen-bond donors (Lipinski definition) is 1. The maximum absolute atomic E-state index is 13.1. The van der Waals surface area contributed by atoms with Crippen molar-refractivity contribution in [2.24, 2.45) is 14.1 Å². The summed E-state index contributed by atoms with van der Waals surface area (Å²) in [5.41, 5.74) is 2.61. The van der Waals surface area contributed by atoms with Crippen LogP contribution in [0, 0.1) is 0 Å². The number of fused-ring (bicyclic) bond motifs is 1. The first kappa shape index (κ1) is 23.1. The van der Waals surface area contributed by atoms with Crippen LogP contribution >= 0.6 is 0 Å². The third-order valence-electron chi connectivity index (χ3n) is 7.01. The van der Waals surface area contributed by atoms with Gasteiger partial charge in [-0.15, -0.1) is 0 Å². The van der Waals surface area contributed by atoms with Crippen LogP contribution in [-0.2, 0) is 27.1 Å². The van der Waals surface area contributed by atoms with Gasteiger partial charge in [0, 0.05) is 39.8 Å². The molecule has 0 aliphatic carbocycles. The Hall–Kier alpha value is -3.65. The van der Waals surface area contributed by atoms with E-state index in [1.807, 2.05) is 34.9 Å².